The van der Waals surface area contributed by atoms with E-state index in [4.69, 9.17) is 16.3 Å². The monoisotopic (exact) mass is 361 g/mol. The quantitative estimate of drug-likeness (QED) is 0.804. The van der Waals surface area contributed by atoms with Crippen molar-refractivity contribution >= 4 is 29.3 Å². The van der Waals surface area contributed by atoms with Gasteiger partial charge < -0.3 is 9.64 Å². The smallest absolute Gasteiger partial charge is 0.228 e. The number of rotatable bonds is 4. The second kappa shape index (κ2) is 7.49. The Kier molecular flexibility index (Phi) is 5.36. The Morgan fingerprint density at radius 3 is 2.88 bits per heavy atom. The summed E-state index contributed by atoms with van der Waals surface area (Å²) in [6, 6.07) is 13.7. The highest BCUT2D eigenvalue weighted by Gasteiger charge is 2.30. The van der Waals surface area contributed by atoms with E-state index in [1.807, 2.05) is 54.3 Å². The molecule has 1 amide bonds. The number of hydrogen-bond donors (Lipinski definition) is 0. The second-order valence-corrected chi connectivity index (χ2v) is 7.47. The molecule has 1 fully saturated rings. The van der Waals surface area contributed by atoms with Crippen LogP contribution in [0.1, 0.15) is 22.1 Å². The van der Waals surface area contributed by atoms with Crippen LogP contribution in [-0.4, -0.2) is 30.2 Å². The summed E-state index contributed by atoms with van der Waals surface area (Å²) >= 11 is 7.89. The van der Waals surface area contributed by atoms with Crippen molar-refractivity contribution in [3.8, 4) is 5.75 Å². The Bertz CT molecular complexity index is 750. The molecule has 1 unspecified atom stereocenters. The molecule has 126 valence electrons. The Balaban J connectivity index is 1.75. The summed E-state index contributed by atoms with van der Waals surface area (Å²) in [6.45, 7) is 2.77. The summed E-state index contributed by atoms with van der Waals surface area (Å²) in [7, 11) is 1.66. The van der Waals surface area contributed by atoms with Gasteiger partial charge in [-0.2, -0.15) is 0 Å². The largest absolute Gasteiger partial charge is 0.496 e. The van der Waals surface area contributed by atoms with Crippen LogP contribution in [0.15, 0.2) is 42.5 Å². The molecule has 0 radical (unpaired) electrons. The van der Waals surface area contributed by atoms with Gasteiger partial charge in [0, 0.05) is 17.3 Å². The zero-order valence-electron chi connectivity index (χ0n) is 13.8. The van der Waals surface area contributed by atoms with Gasteiger partial charge in [0.05, 0.1) is 13.5 Å². The van der Waals surface area contributed by atoms with Crippen molar-refractivity contribution in [2.45, 2.75) is 18.7 Å². The first kappa shape index (κ1) is 17.2. The Labute approximate surface area is 151 Å². The Morgan fingerprint density at radius 1 is 1.33 bits per heavy atom. The molecule has 0 bridgehead atoms. The normalized spacial score (nSPS) is 17.1. The lowest BCUT2D eigenvalue weighted by atomic mass is 10.1. The van der Waals surface area contributed by atoms with E-state index in [9.17, 15) is 4.79 Å². The Morgan fingerprint density at radius 2 is 2.17 bits per heavy atom. The number of aryl methyl sites for hydroxylation is 1. The minimum atomic E-state index is 0.0514. The van der Waals surface area contributed by atoms with Crippen molar-refractivity contribution in [2.24, 2.45) is 0 Å². The first-order valence-corrected chi connectivity index (χ1v) is 9.31. The molecule has 1 saturated heterocycles. The van der Waals surface area contributed by atoms with Gasteiger partial charge in [-0.05, 0) is 41.8 Å². The number of carbonyl (C=O) groups is 1. The number of ether oxygens (including phenoxy) is 1. The topological polar surface area (TPSA) is 29.5 Å². The Hall–Kier alpha value is -1.65. The third kappa shape index (κ3) is 3.70. The number of nitrogens with zero attached hydrogens (tertiary/aromatic N) is 1. The van der Waals surface area contributed by atoms with Gasteiger partial charge in [-0.3, -0.25) is 4.79 Å². The third-order valence-corrected chi connectivity index (χ3v) is 5.66. The van der Waals surface area contributed by atoms with E-state index in [0.717, 1.165) is 34.7 Å². The summed E-state index contributed by atoms with van der Waals surface area (Å²) < 4.78 is 5.28. The second-order valence-electron chi connectivity index (χ2n) is 5.85. The molecule has 2 aromatic carbocycles. The van der Waals surface area contributed by atoms with E-state index < -0.39 is 0 Å². The SMILES string of the molecule is COc1ccc(CC(=O)N2CCSC2c2cccc(Cl)c2)cc1C. The number of methoxy groups -OCH3 is 1. The average Bonchev–Trinajstić information content (AvgIpc) is 3.05. The fourth-order valence-corrected chi connectivity index (χ4v) is 4.45. The van der Waals surface area contributed by atoms with Gasteiger partial charge in [0.1, 0.15) is 11.1 Å². The molecule has 1 atom stereocenters. The van der Waals surface area contributed by atoms with Crippen LogP contribution < -0.4 is 4.74 Å². The molecule has 24 heavy (non-hydrogen) atoms. The number of hydrogen-bond acceptors (Lipinski definition) is 3. The van der Waals surface area contributed by atoms with E-state index >= 15 is 0 Å². The maximum absolute atomic E-state index is 12.8. The third-order valence-electron chi connectivity index (χ3n) is 4.16. The molecule has 3 rings (SSSR count). The summed E-state index contributed by atoms with van der Waals surface area (Å²) in [6.07, 6.45) is 0.405. The molecule has 1 aliphatic heterocycles. The minimum Gasteiger partial charge on any atom is -0.496 e. The zero-order valence-corrected chi connectivity index (χ0v) is 15.4. The lowest BCUT2D eigenvalue weighted by Crippen LogP contribution is -2.31. The first-order valence-electron chi connectivity index (χ1n) is 7.88. The number of carbonyl (C=O) groups excluding carboxylic acids is 1. The molecule has 5 heteroatoms. The van der Waals surface area contributed by atoms with Crippen LogP contribution in [0, 0.1) is 6.92 Å². The van der Waals surface area contributed by atoms with E-state index in [1.54, 1.807) is 18.9 Å². The van der Waals surface area contributed by atoms with E-state index in [0.29, 0.717) is 11.4 Å². The van der Waals surface area contributed by atoms with Crippen molar-refractivity contribution in [3.63, 3.8) is 0 Å². The molecular formula is C19H20ClNO2S. The first-order chi connectivity index (χ1) is 11.6. The van der Waals surface area contributed by atoms with Crippen LogP contribution in [0.5, 0.6) is 5.75 Å². The molecule has 1 heterocycles. The summed E-state index contributed by atoms with van der Waals surface area (Å²) in [4.78, 5) is 14.8. The fourth-order valence-electron chi connectivity index (χ4n) is 2.99. The van der Waals surface area contributed by atoms with Crippen molar-refractivity contribution in [2.75, 3.05) is 19.4 Å². The van der Waals surface area contributed by atoms with E-state index in [-0.39, 0.29) is 11.3 Å². The molecule has 0 N–H and O–H groups in total. The van der Waals surface area contributed by atoms with Gasteiger partial charge in [-0.1, -0.05) is 35.9 Å². The van der Waals surface area contributed by atoms with Gasteiger partial charge in [0.2, 0.25) is 5.91 Å². The van der Waals surface area contributed by atoms with Gasteiger partial charge in [-0.15, -0.1) is 11.8 Å². The standard InChI is InChI=1S/C19H20ClNO2S/c1-13-10-14(6-7-17(13)23-2)11-18(22)21-8-9-24-19(21)15-4-3-5-16(20)12-15/h3-7,10,12,19H,8-9,11H2,1-2H3. The lowest BCUT2D eigenvalue weighted by molar-refractivity contribution is -0.130. The maximum Gasteiger partial charge on any atom is 0.228 e. The number of halogens is 1. The molecular weight excluding hydrogens is 342 g/mol. The van der Waals surface area contributed by atoms with Crippen LogP contribution in [-0.2, 0) is 11.2 Å². The number of amides is 1. The number of thioether (sulfide) groups is 1. The van der Waals surface area contributed by atoms with Crippen LogP contribution >= 0.6 is 23.4 Å². The van der Waals surface area contributed by atoms with E-state index in [2.05, 4.69) is 0 Å². The van der Waals surface area contributed by atoms with Gasteiger partial charge >= 0.3 is 0 Å². The zero-order chi connectivity index (χ0) is 17.1. The van der Waals surface area contributed by atoms with Gasteiger partial charge in [-0.25, -0.2) is 0 Å². The van der Waals surface area contributed by atoms with Gasteiger partial charge in [0.15, 0.2) is 0 Å². The van der Waals surface area contributed by atoms with E-state index in [1.165, 1.54) is 0 Å². The maximum atomic E-state index is 12.8. The number of benzene rings is 2. The predicted octanol–water partition coefficient (Wildman–Crippen LogP) is 4.47. The predicted molar refractivity (Wildman–Crippen MR) is 99.8 cm³/mol. The van der Waals surface area contributed by atoms with Crippen molar-refractivity contribution in [3.05, 3.63) is 64.2 Å². The van der Waals surface area contributed by atoms with Crippen LogP contribution in [0.25, 0.3) is 0 Å². The van der Waals surface area contributed by atoms with Crippen molar-refractivity contribution < 1.29 is 9.53 Å². The summed E-state index contributed by atoms with van der Waals surface area (Å²) in [5.41, 5.74) is 3.15. The highest BCUT2D eigenvalue weighted by molar-refractivity contribution is 7.99. The molecule has 0 spiro atoms. The molecule has 1 aliphatic rings. The van der Waals surface area contributed by atoms with Crippen LogP contribution in [0.3, 0.4) is 0 Å². The summed E-state index contributed by atoms with van der Waals surface area (Å²) in [5.74, 6) is 1.94. The molecule has 3 nitrogen and oxygen atoms in total. The minimum absolute atomic E-state index is 0.0514. The molecule has 0 aliphatic carbocycles. The van der Waals surface area contributed by atoms with Crippen LogP contribution in [0.4, 0.5) is 0 Å². The molecule has 0 aromatic heterocycles. The van der Waals surface area contributed by atoms with Crippen LogP contribution in [0.2, 0.25) is 5.02 Å². The summed E-state index contributed by atoms with van der Waals surface area (Å²) in [5, 5.41) is 0.758. The van der Waals surface area contributed by atoms with Crippen molar-refractivity contribution in [1.82, 2.24) is 4.90 Å². The molecule has 0 saturated carbocycles. The average molecular weight is 362 g/mol. The highest BCUT2D eigenvalue weighted by atomic mass is 35.5. The lowest BCUT2D eigenvalue weighted by Gasteiger charge is -2.24. The van der Waals surface area contributed by atoms with Gasteiger partial charge in [0.25, 0.3) is 0 Å². The highest BCUT2D eigenvalue weighted by Crippen LogP contribution is 2.39. The molecule has 2 aromatic rings. The van der Waals surface area contributed by atoms with Crippen molar-refractivity contribution in [1.29, 1.82) is 0 Å². The fraction of sp³-hybridized carbons (Fsp3) is 0.316.